The van der Waals surface area contributed by atoms with E-state index in [9.17, 15) is 9.59 Å². The number of anilines is 1. The molecule has 136 valence electrons. The van der Waals surface area contributed by atoms with Crippen LogP contribution in [0.25, 0.3) is 0 Å². The molecular formula is C19H18Cl2N2O3. The molecule has 1 aliphatic heterocycles. The van der Waals surface area contributed by atoms with Gasteiger partial charge in [-0.3, -0.25) is 9.59 Å². The molecule has 0 radical (unpaired) electrons. The first-order valence-electron chi connectivity index (χ1n) is 8.30. The summed E-state index contributed by atoms with van der Waals surface area (Å²) in [5.74, 6) is -0.612. The van der Waals surface area contributed by atoms with Gasteiger partial charge in [-0.15, -0.1) is 0 Å². The maximum Gasteiger partial charge on any atom is 0.255 e. The summed E-state index contributed by atoms with van der Waals surface area (Å²) in [5.41, 5.74) is 1.18. The number of nitrogens with one attached hydrogen (secondary N) is 2. The summed E-state index contributed by atoms with van der Waals surface area (Å²) in [6.07, 6.45) is 2.03. The summed E-state index contributed by atoms with van der Waals surface area (Å²) in [6.45, 7) is 1.20. The van der Waals surface area contributed by atoms with Gasteiger partial charge in [-0.05, 0) is 43.2 Å². The average Bonchev–Trinajstić information content (AvgIpc) is 3.17. The monoisotopic (exact) mass is 392 g/mol. The number of amides is 2. The summed E-state index contributed by atoms with van der Waals surface area (Å²) in [4.78, 5) is 24.8. The normalized spacial score (nSPS) is 16.3. The highest BCUT2D eigenvalue weighted by Gasteiger charge is 2.17. The first-order chi connectivity index (χ1) is 12.5. The maximum atomic E-state index is 12.5. The Kier molecular flexibility index (Phi) is 6.14. The molecular weight excluding hydrogens is 375 g/mol. The number of ether oxygens (including phenoxy) is 1. The van der Waals surface area contributed by atoms with Crippen LogP contribution < -0.4 is 10.6 Å². The van der Waals surface area contributed by atoms with Crippen LogP contribution in [0.15, 0.2) is 42.5 Å². The van der Waals surface area contributed by atoms with E-state index in [2.05, 4.69) is 10.6 Å². The molecule has 0 aliphatic carbocycles. The van der Waals surface area contributed by atoms with Crippen LogP contribution in [0.4, 0.5) is 5.69 Å². The molecule has 2 amide bonds. The summed E-state index contributed by atoms with van der Waals surface area (Å²) in [7, 11) is 0. The van der Waals surface area contributed by atoms with Crippen molar-refractivity contribution in [3.8, 4) is 0 Å². The largest absolute Gasteiger partial charge is 0.376 e. The zero-order valence-electron chi connectivity index (χ0n) is 13.9. The van der Waals surface area contributed by atoms with E-state index in [4.69, 9.17) is 27.9 Å². The van der Waals surface area contributed by atoms with Crippen LogP contribution >= 0.6 is 23.2 Å². The Morgan fingerprint density at radius 1 is 1.08 bits per heavy atom. The second-order valence-electron chi connectivity index (χ2n) is 5.98. The van der Waals surface area contributed by atoms with Crippen molar-refractivity contribution < 1.29 is 14.3 Å². The first-order valence-corrected chi connectivity index (χ1v) is 9.05. The minimum Gasteiger partial charge on any atom is -0.376 e. The number of hydrogen-bond acceptors (Lipinski definition) is 3. The van der Waals surface area contributed by atoms with Gasteiger partial charge < -0.3 is 15.4 Å². The lowest BCUT2D eigenvalue weighted by Crippen LogP contribution is -2.31. The Balaban J connectivity index is 1.66. The standard InChI is InChI=1S/C19H18Cl2N2O3/c20-15-7-2-8-16(17(15)21)23-19(25)13-5-1-4-12(10-13)18(24)22-11-14-6-3-9-26-14/h1-2,4-5,7-8,10,14H,3,6,9,11H2,(H,22,24)(H,23,25). The lowest BCUT2D eigenvalue weighted by atomic mass is 10.1. The van der Waals surface area contributed by atoms with E-state index in [0.29, 0.717) is 28.4 Å². The maximum absolute atomic E-state index is 12.5. The lowest BCUT2D eigenvalue weighted by Gasteiger charge is -2.12. The van der Waals surface area contributed by atoms with Gasteiger partial charge in [0, 0.05) is 24.3 Å². The lowest BCUT2D eigenvalue weighted by molar-refractivity contribution is 0.0858. The number of benzene rings is 2. The molecule has 2 aromatic carbocycles. The highest BCUT2D eigenvalue weighted by Crippen LogP contribution is 2.29. The third-order valence-corrected chi connectivity index (χ3v) is 4.92. The van der Waals surface area contributed by atoms with E-state index in [-0.39, 0.29) is 22.9 Å². The van der Waals surface area contributed by atoms with Crippen LogP contribution in [0.5, 0.6) is 0 Å². The number of hydrogen-bond donors (Lipinski definition) is 2. The van der Waals surface area contributed by atoms with E-state index >= 15 is 0 Å². The number of rotatable bonds is 5. The average molecular weight is 393 g/mol. The number of carbonyl (C=O) groups is 2. The van der Waals surface area contributed by atoms with Crippen molar-refractivity contribution in [1.82, 2.24) is 5.32 Å². The fourth-order valence-electron chi connectivity index (χ4n) is 2.71. The van der Waals surface area contributed by atoms with Gasteiger partial charge in [0.15, 0.2) is 0 Å². The molecule has 0 aromatic heterocycles. The molecule has 2 N–H and O–H groups in total. The van der Waals surface area contributed by atoms with E-state index in [0.717, 1.165) is 19.4 Å². The molecule has 1 atom stereocenters. The van der Waals surface area contributed by atoms with Crippen LogP contribution in [-0.2, 0) is 4.74 Å². The van der Waals surface area contributed by atoms with E-state index < -0.39 is 0 Å². The van der Waals surface area contributed by atoms with Gasteiger partial charge in [-0.1, -0.05) is 35.3 Å². The van der Waals surface area contributed by atoms with E-state index in [1.165, 1.54) is 0 Å². The van der Waals surface area contributed by atoms with Crippen molar-refractivity contribution in [2.75, 3.05) is 18.5 Å². The van der Waals surface area contributed by atoms with Gasteiger partial charge >= 0.3 is 0 Å². The van der Waals surface area contributed by atoms with Crippen LogP contribution in [-0.4, -0.2) is 31.1 Å². The highest BCUT2D eigenvalue weighted by molar-refractivity contribution is 6.44. The summed E-state index contributed by atoms with van der Waals surface area (Å²) in [5, 5.41) is 6.17. The van der Waals surface area contributed by atoms with Crippen molar-refractivity contribution in [2.45, 2.75) is 18.9 Å². The molecule has 2 aromatic rings. The van der Waals surface area contributed by atoms with Crippen molar-refractivity contribution in [3.05, 3.63) is 63.6 Å². The Bertz CT molecular complexity index is 820. The van der Waals surface area contributed by atoms with Crippen LogP contribution in [0.2, 0.25) is 10.0 Å². The van der Waals surface area contributed by atoms with Crippen molar-refractivity contribution in [2.24, 2.45) is 0 Å². The molecule has 0 bridgehead atoms. The van der Waals surface area contributed by atoms with Crippen LogP contribution in [0.3, 0.4) is 0 Å². The van der Waals surface area contributed by atoms with Gasteiger partial charge in [0.2, 0.25) is 0 Å². The molecule has 3 rings (SSSR count). The predicted octanol–water partition coefficient (Wildman–Crippen LogP) is 4.15. The fraction of sp³-hybridized carbons (Fsp3) is 0.263. The molecule has 1 unspecified atom stereocenters. The Labute approximate surface area is 161 Å². The Hall–Kier alpha value is -2.08. The molecule has 1 heterocycles. The topological polar surface area (TPSA) is 67.4 Å². The zero-order chi connectivity index (χ0) is 18.5. The molecule has 0 saturated carbocycles. The van der Waals surface area contributed by atoms with Crippen LogP contribution in [0, 0.1) is 0 Å². The van der Waals surface area contributed by atoms with Gasteiger partial charge in [0.1, 0.15) is 0 Å². The van der Waals surface area contributed by atoms with Gasteiger partial charge in [-0.2, -0.15) is 0 Å². The molecule has 1 aliphatic rings. The van der Waals surface area contributed by atoms with Crippen molar-refractivity contribution >= 4 is 40.7 Å². The van der Waals surface area contributed by atoms with Crippen LogP contribution in [0.1, 0.15) is 33.6 Å². The van der Waals surface area contributed by atoms with Gasteiger partial charge in [0.25, 0.3) is 11.8 Å². The second kappa shape index (κ2) is 8.54. The summed E-state index contributed by atoms with van der Waals surface area (Å²) in [6, 6.07) is 11.5. The molecule has 0 spiro atoms. The van der Waals surface area contributed by atoms with Gasteiger partial charge in [0.05, 0.1) is 21.8 Å². The third-order valence-electron chi connectivity index (χ3n) is 4.10. The van der Waals surface area contributed by atoms with E-state index in [1.807, 2.05) is 0 Å². The minimum atomic E-state index is -0.372. The predicted molar refractivity (Wildman–Crippen MR) is 102 cm³/mol. The van der Waals surface area contributed by atoms with Crippen molar-refractivity contribution in [3.63, 3.8) is 0 Å². The Morgan fingerprint density at radius 2 is 1.81 bits per heavy atom. The quantitative estimate of drug-likeness (QED) is 0.802. The van der Waals surface area contributed by atoms with Gasteiger partial charge in [-0.25, -0.2) is 0 Å². The summed E-state index contributed by atoms with van der Waals surface area (Å²) < 4.78 is 5.49. The molecule has 26 heavy (non-hydrogen) atoms. The second-order valence-corrected chi connectivity index (χ2v) is 6.77. The molecule has 5 nitrogen and oxygen atoms in total. The Morgan fingerprint density at radius 3 is 2.54 bits per heavy atom. The highest BCUT2D eigenvalue weighted by atomic mass is 35.5. The number of carbonyl (C=O) groups excluding carboxylic acids is 2. The number of halogens is 2. The molecule has 1 saturated heterocycles. The first kappa shape index (κ1) is 18.7. The zero-order valence-corrected chi connectivity index (χ0v) is 15.4. The molecule has 1 fully saturated rings. The van der Waals surface area contributed by atoms with E-state index in [1.54, 1.807) is 42.5 Å². The SMILES string of the molecule is O=C(NCC1CCCO1)c1cccc(C(=O)Nc2cccc(Cl)c2Cl)c1. The third kappa shape index (κ3) is 4.55. The molecule has 7 heteroatoms. The van der Waals surface area contributed by atoms with Crippen molar-refractivity contribution in [1.29, 1.82) is 0 Å². The minimum absolute atomic E-state index is 0.0652. The summed E-state index contributed by atoms with van der Waals surface area (Å²) >= 11 is 12.0. The smallest absolute Gasteiger partial charge is 0.255 e. The fourth-order valence-corrected chi connectivity index (χ4v) is 3.06.